The number of ether oxygens (including phenoxy) is 1. The molecule has 0 unspecified atom stereocenters. The molecule has 0 spiro atoms. The summed E-state index contributed by atoms with van der Waals surface area (Å²) in [6, 6.07) is 11.9. The van der Waals surface area contributed by atoms with Crippen LogP contribution in [0.15, 0.2) is 42.5 Å². The van der Waals surface area contributed by atoms with Crippen LogP contribution >= 0.6 is 0 Å². The van der Waals surface area contributed by atoms with E-state index in [1.54, 1.807) is 12.1 Å². The van der Waals surface area contributed by atoms with Gasteiger partial charge in [0.25, 0.3) is 0 Å². The van der Waals surface area contributed by atoms with Gasteiger partial charge in [0, 0.05) is 11.8 Å². The molecular weight excluding hydrogens is 231 g/mol. The lowest BCUT2D eigenvalue weighted by Crippen LogP contribution is -2.12. The van der Waals surface area contributed by atoms with Crippen LogP contribution in [0.5, 0.6) is 5.75 Å². The summed E-state index contributed by atoms with van der Waals surface area (Å²) < 4.78 is 18.3. The molecular formula is C14H15FN2O. The van der Waals surface area contributed by atoms with Gasteiger partial charge in [-0.25, -0.2) is 9.37 Å². The summed E-state index contributed by atoms with van der Waals surface area (Å²) in [4.78, 5) is 4.31. The van der Waals surface area contributed by atoms with Crippen LogP contribution in [0.1, 0.15) is 5.69 Å². The van der Waals surface area contributed by atoms with E-state index in [2.05, 4.69) is 10.3 Å². The number of nitrogens with one attached hydrogen (secondary N) is 1. The van der Waals surface area contributed by atoms with Crippen molar-refractivity contribution in [2.24, 2.45) is 0 Å². The van der Waals surface area contributed by atoms with Crippen LogP contribution in [-0.2, 0) is 0 Å². The minimum atomic E-state index is -0.291. The lowest BCUT2D eigenvalue weighted by atomic mass is 10.3. The summed E-state index contributed by atoms with van der Waals surface area (Å²) in [5.41, 5.74) is 0.964. The van der Waals surface area contributed by atoms with E-state index in [0.717, 1.165) is 11.5 Å². The highest BCUT2D eigenvalue weighted by Gasteiger charge is 1.96. The van der Waals surface area contributed by atoms with Gasteiger partial charge in [-0.15, -0.1) is 0 Å². The summed E-state index contributed by atoms with van der Waals surface area (Å²) in [7, 11) is 0. The van der Waals surface area contributed by atoms with Crippen LogP contribution in [0.2, 0.25) is 0 Å². The molecule has 0 aliphatic heterocycles. The van der Waals surface area contributed by atoms with Crippen LogP contribution < -0.4 is 10.1 Å². The van der Waals surface area contributed by atoms with E-state index >= 15 is 0 Å². The topological polar surface area (TPSA) is 34.1 Å². The predicted octanol–water partition coefficient (Wildman–Crippen LogP) is 3.02. The molecule has 0 saturated heterocycles. The Kier molecular flexibility index (Phi) is 4.12. The van der Waals surface area contributed by atoms with Crippen molar-refractivity contribution in [2.75, 3.05) is 18.5 Å². The quantitative estimate of drug-likeness (QED) is 0.823. The molecule has 0 fully saturated rings. The highest BCUT2D eigenvalue weighted by molar-refractivity contribution is 5.34. The highest BCUT2D eigenvalue weighted by Crippen LogP contribution is 2.11. The van der Waals surface area contributed by atoms with E-state index in [-0.39, 0.29) is 5.82 Å². The minimum absolute atomic E-state index is 0.291. The van der Waals surface area contributed by atoms with E-state index in [1.165, 1.54) is 12.1 Å². The second-order valence-electron chi connectivity index (χ2n) is 3.90. The number of halogens is 1. The van der Waals surface area contributed by atoms with Crippen molar-refractivity contribution in [2.45, 2.75) is 6.92 Å². The van der Waals surface area contributed by atoms with Gasteiger partial charge in [-0.1, -0.05) is 12.1 Å². The Labute approximate surface area is 106 Å². The molecule has 0 radical (unpaired) electrons. The molecule has 3 nitrogen and oxygen atoms in total. The van der Waals surface area contributed by atoms with Crippen molar-refractivity contribution >= 4 is 5.82 Å². The standard InChI is InChI=1S/C14H15FN2O/c1-11-4-2-7-14(17-11)16-8-9-18-13-6-3-5-12(15)10-13/h2-7,10H,8-9H2,1H3,(H,16,17). The molecule has 0 saturated carbocycles. The fourth-order valence-corrected chi connectivity index (χ4v) is 1.55. The Morgan fingerprint density at radius 3 is 2.83 bits per heavy atom. The zero-order valence-corrected chi connectivity index (χ0v) is 10.2. The Bertz CT molecular complexity index is 469. The molecule has 0 atom stereocenters. The first kappa shape index (κ1) is 12.4. The number of anilines is 1. The van der Waals surface area contributed by atoms with Crippen molar-refractivity contribution in [1.82, 2.24) is 4.98 Å². The first-order chi connectivity index (χ1) is 8.74. The smallest absolute Gasteiger partial charge is 0.126 e. The number of rotatable bonds is 5. The molecule has 94 valence electrons. The van der Waals surface area contributed by atoms with Gasteiger partial charge in [0.15, 0.2) is 0 Å². The number of aryl methyl sites for hydroxylation is 1. The van der Waals surface area contributed by atoms with Gasteiger partial charge in [0.2, 0.25) is 0 Å². The van der Waals surface area contributed by atoms with Gasteiger partial charge in [-0.2, -0.15) is 0 Å². The maximum absolute atomic E-state index is 12.9. The first-order valence-electron chi connectivity index (χ1n) is 5.80. The zero-order valence-electron chi connectivity index (χ0n) is 10.2. The SMILES string of the molecule is Cc1cccc(NCCOc2cccc(F)c2)n1. The Hall–Kier alpha value is -2.10. The Morgan fingerprint density at radius 2 is 2.06 bits per heavy atom. The fourth-order valence-electron chi connectivity index (χ4n) is 1.55. The third kappa shape index (κ3) is 3.73. The molecule has 0 bridgehead atoms. The van der Waals surface area contributed by atoms with E-state index in [1.807, 2.05) is 25.1 Å². The van der Waals surface area contributed by atoms with E-state index in [0.29, 0.717) is 18.9 Å². The zero-order chi connectivity index (χ0) is 12.8. The van der Waals surface area contributed by atoms with Crippen molar-refractivity contribution in [3.05, 3.63) is 54.0 Å². The van der Waals surface area contributed by atoms with Crippen LogP contribution in [-0.4, -0.2) is 18.1 Å². The summed E-state index contributed by atoms with van der Waals surface area (Å²) >= 11 is 0. The molecule has 1 aromatic carbocycles. The molecule has 2 rings (SSSR count). The number of benzene rings is 1. The molecule has 0 aliphatic carbocycles. The van der Waals surface area contributed by atoms with Crippen LogP contribution in [0, 0.1) is 12.7 Å². The van der Waals surface area contributed by atoms with Crippen molar-refractivity contribution in [3.8, 4) is 5.75 Å². The number of hydrogen-bond donors (Lipinski definition) is 1. The van der Waals surface area contributed by atoms with Crippen molar-refractivity contribution in [3.63, 3.8) is 0 Å². The lowest BCUT2D eigenvalue weighted by Gasteiger charge is -2.08. The molecule has 4 heteroatoms. The first-order valence-corrected chi connectivity index (χ1v) is 5.80. The average molecular weight is 246 g/mol. The molecule has 1 heterocycles. The van der Waals surface area contributed by atoms with Crippen LogP contribution in [0.4, 0.5) is 10.2 Å². The summed E-state index contributed by atoms with van der Waals surface area (Å²) in [6.07, 6.45) is 0. The number of nitrogens with zero attached hydrogens (tertiary/aromatic N) is 1. The number of pyridine rings is 1. The third-order valence-corrected chi connectivity index (χ3v) is 2.36. The molecule has 1 N–H and O–H groups in total. The van der Waals surface area contributed by atoms with Crippen molar-refractivity contribution < 1.29 is 9.13 Å². The second-order valence-corrected chi connectivity index (χ2v) is 3.90. The van der Waals surface area contributed by atoms with Crippen LogP contribution in [0.25, 0.3) is 0 Å². The molecule has 18 heavy (non-hydrogen) atoms. The molecule has 0 aliphatic rings. The van der Waals surface area contributed by atoms with Gasteiger partial charge in [-0.3, -0.25) is 0 Å². The fraction of sp³-hybridized carbons (Fsp3) is 0.214. The molecule has 1 aromatic heterocycles. The highest BCUT2D eigenvalue weighted by atomic mass is 19.1. The predicted molar refractivity (Wildman–Crippen MR) is 69.4 cm³/mol. The van der Waals surface area contributed by atoms with Gasteiger partial charge >= 0.3 is 0 Å². The van der Waals surface area contributed by atoms with E-state index in [4.69, 9.17) is 4.74 Å². The Morgan fingerprint density at radius 1 is 1.22 bits per heavy atom. The second kappa shape index (κ2) is 6.00. The van der Waals surface area contributed by atoms with Gasteiger partial charge in [0.05, 0.1) is 6.54 Å². The lowest BCUT2D eigenvalue weighted by molar-refractivity contribution is 0.331. The monoisotopic (exact) mass is 246 g/mol. The minimum Gasteiger partial charge on any atom is -0.492 e. The number of aromatic nitrogens is 1. The summed E-state index contributed by atoms with van der Waals surface area (Å²) in [5.74, 6) is 1.06. The molecule has 0 amide bonds. The van der Waals surface area contributed by atoms with Gasteiger partial charge in [0.1, 0.15) is 24.0 Å². The normalized spacial score (nSPS) is 10.1. The maximum atomic E-state index is 12.9. The molecule has 2 aromatic rings. The third-order valence-electron chi connectivity index (χ3n) is 2.36. The number of hydrogen-bond acceptors (Lipinski definition) is 3. The van der Waals surface area contributed by atoms with E-state index in [9.17, 15) is 4.39 Å². The van der Waals surface area contributed by atoms with Crippen LogP contribution in [0.3, 0.4) is 0 Å². The summed E-state index contributed by atoms with van der Waals surface area (Å²) in [6.45, 7) is 3.01. The Balaban J connectivity index is 1.76. The van der Waals surface area contributed by atoms with Gasteiger partial charge in [-0.05, 0) is 31.2 Å². The largest absolute Gasteiger partial charge is 0.492 e. The van der Waals surface area contributed by atoms with Crippen molar-refractivity contribution in [1.29, 1.82) is 0 Å². The average Bonchev–Trinajstić information content (AvgIpc) is 2.35. The van der Waals surface area contributed by atoms with Gasteiger partial charge < -0.3 is 10.1 Å². The summed E-state index contributed by atoms with van der Waals surface area (Å²) in [5, 5.41) is 3.14. The van der Waals surface area contributed by atoms with E-state index < -0.39 is 0 Å². The maximum Gasteiger partial charge on any atom is 0.126 e.